The Morgan fingerprint density at radius 2 is 1.69 bits per heavy atom. The Labute approximate surface area is 157 Å². The number of rotatable bonds is 2. The predicted octanol–water partition coefficient (Wildman–Crippen LogP) is 3.19. The van der Waals surface area contributed by atoms with Gasteiger partial charge < -0.3 is 19.3 Å². The van der Waals surface area contributed by atoms with E-state index in [1.165, 1.54) is 0 Å². The Morgan fingerprint density at radius 3 is 2.27 bits per heavy atom. The Kier molecular flexibility index (Phi) is 4.57. The SMILES string of the molecule is COC(C)(C)C(=O)N1[C@@H]2CN(C(=O)OC(C)(C)C)[C@@H]3CCC[C@H]1[C@]3(C)C2. The minimum Gasteiger partial charge on any atom is -0.444 e. The summed E-state index contributed by atoms with van der Waals surface area (Å²) >= 11 is 0. The van der Waals surface area contributed by atoms with E-state index in [0.29, 0.717) is 6.54 Å². The third kappa shape index (κ3) is 3.00. The summed E-state index contributed by atoms with van der Waals surface area (Å²) in [7, 11) is 1.58. The number of piperidine rings is 1. The first kappa shape index (κ1) is 19.5. The third-order valence-electron chi connectivity index (χ3n) is 6.55. The zero-order valence-corrected chi connectivity index (χ0v) is 17.3. The van der Waals surface area contributed by atoms with Gasteiger partial charge in [-0.05, 0) is 60.3 Å². The molecular formula is C20H34N2O4. The Balaban J connectivity index is 1.92. The third-order valence-corrected chi connectivity index (χ3v) is 6.55. The van der Waals surface area contributed by atoms with E-state index < -0.39 is 11.2 Å². The molecule has 26 heavy (non-hydrogen) atoms. The van der Waals surface area contributed by atoms with Crippen molar-refractivity contribution in [2.24, 2.45) is 5.41 Å². The highest BCUT2D eigenvalue weighted by molar-refractivity contribution is 5.86. The zero-order chi connectivity index (χ0) is 19.5. The van der Waals surface area contributed by atoms with Crippen LogP contribution in [0.4, 0.5) is 4.79 Å². The number of hydrogen-bond acceptors (Lipinski definition) is 4. The minimum absolute atomic E-state index is 0.0328. The number of nitrogens with zero attached hydrogens (tertiary/aromatic N) is 2. The summed E-state index contributed by atoms with van der Waals surface area (Å²) in [5, 5.41) is 0. The molecule has 4 atom stereocenters. The van der Waals surface area contributed by atoms with E-state index >= 15 is 0 Å². The monoisotopic (exact) mass is 366 g/mol. The van der Waals surface area contributed by atoms with Crippen LogP contribution in [-0.2, 0) is 14.3 Å². The highest BCUT2D eigenvalue weighted by Crippen LogP contribution is 2.55. The summed E-state index contributed by atoms with van der Waals surface area (Å²) in [5.41, 5.74) is -1.44. The van der Waals surface area contributed by atoms with Gasteiger partial charge in [-0.25, -0.2) is 4.79 Å². The van der Waals surface area contributed by atoms with Crippen molar-refractivity contribution < 1.29 is 19.1 Å². The predicted molar refractivity (Wildman–Crippen MR) is 98.8 cm³/mol. The quantitative estimate of drug-likeness (QED) is 0.753. The molecule has 0 aromatic carbocycles. The van der Waals surface area contributed by atoms with Crippen LogP contribution in [0, 0.1) is 5.41 Å². The van der Waals surface area contributed by atoms with Crippen molar-refractivity contribution in [1.29, 1.82) is 0 Å². The molecule has 3 aliphatic rings. The normalized spacial score (nSPS) is 34.0. The molecule has 0 unspecified atom stereocenters. The van der Waals surface area contributed by atoms with Gasteiger partial charge in [0.05, 0.1) is 6.04 Å². The molecule has 0 aromatic heterocycles. The molecule has 0 radical (unpaired) electrons. The van der Waals surface area contributed by atoms with E-state index in [2.05, 4.69) is 6.92 Å². The van der Waals surface area contributed by atoms with E-state index in [0.717, 1.165) is 25.7 Å². The van der Waals surface area contributed by atoms with E-state index in [4.69, 9.17) is 9.47 Å². The summed E-state index contributed by atoms with van der Waals surface area (Å²) in [6.07, 6.45) is 3.70. The molecule has 2 bridgehead atoms. The molecule has 3 fully saturated rings. The van der Waals surface area contributed by atoms with Gasteiger partial charge in [0.25, 0.3) is 5.91 Å². The van der Waals surface area contributed by atoms with Gasteiger partial charge in [-0.2, -0.15) is 0 Å². The number of carbonyl (C=O) groups is 2. The topological polar surface area (TPSA) is 59.1 Å². The van der Waals surface area contributed by atoms with Crippen molar-refractivity contribution in [3.05, 3.63) is 0 Å². The molecular weight excluding hydrogens is 332 g/mol. The Hall–Kier alpha value is -1.30. The molecule has 6 nitrogen and oxygen atoms in total. The average molecular weight is 367 g/mol. The average Bonchev–Trinajstić information content (AvgIpc) is 2.81. The van der Waals surface area contributed by atoms with E-state index in [-0.39, 0.29) is 35.5 Å². The van der Waals surface area contributed by atoms with Gasteiger partial charge in [-0.3, -0.25) is 4.79 Å². The van der Waals surface area contributed by atoms with E-state index in [9.17, 15) is 9.59 Å². The van der Waals surface area contributed by atoms with Gasteiger partial charge in [0.1, 0.15) is 11.2 Å². The molecule has 2 amide bonds. The second kappa shape index (κ2) is 6.11. The lowest BCUT2D eigenvalue weighted by Crippen LogP contribution is -2.58. The molecule has 148 valence electrons. The van der Waals surface area contributed by atoms with Crippen LogP contribution in [0.25, 0.3) is 0 Å². The first-order valence-electron chi connectivity index (χ1n) is 9.78. The van der Waals surface area contributed by atoms with Gasteiger partial charge >= 0.3 is 6.09 Å². The van der Waals surface area contributed by atoms with Crippen molar-refractivity contribution in [1.82, 2.24) is 9.80 Å². The summed E-state index contributed by atoms with van der Waals surface area (Å²) in [4.78, 5) is 30.1. The lowest BCUT2D eigenvalue weighted by atomic mass is 9.66. The molecule has 2 heterocycles. The minimum atomic E-state index is -0.850. The molecule has 3 rings (SSSR count). The number of hydrogen-bond donors (Lipinski definition) is 0. The number of methoxy groups -OCH3 is 1. The van der Waals surface area contributed by atoms with Crippen molar-refractivity contribution in [3.63, 3.8) is 0 Å². The second-order valence-corrected chi connectivity index (χ2v) is 9.89. The van der Waals surface area contributed by atoms with Crippen molar-refractivity contribution in [2.45, 2.75) is 96.6 Å². The Morgan fingerprint density at radius 1 is 1.08 bits per heavy atom. The van der Waals surface area contributed by atoms with Gasteiger partial charge in [0.15, 0.2) is 0 Å². The fraction of sp³-hybridized carbons (Fsp3) is 0.900. The van der Waals surface area contributed by atoms with E-state index in [1.807, 2.05) is 44.4 Å². The van der Waals surface area contributed by atoms with Gasteiger partial charge in [-0.15, -0.1) is 0 Å². The van der Waals surface area contributed by atoms with Crippen molar-refractivity contribution in [3.8, 4) is 0 Å². The van der Waals surface area contributed by atoms with Crippen LogP contribution >= 0.6 is 0 Å². The molecule has 0 N–H and O–H groups in total. The maximum atomic E-state index is 13.3. The molecule has 2 saturated heterocycles. The zero-order valence-electron chi connectivity index (χ0n) is 17.3. The Bertz CT molecular complexity index is 597. The van der Waals surface area contributed by atoms with Crippen LogP contribution in [0.5, 0.6) is 0 Å². The molecule has 1 aliphatic carbocycles. The maximum Gasteiger partial charge on any atom is 0.410 e. The molecule has 1 saturated carbocycles. The standard InChI is InChI=1S/C20H34N2O4/c1-18(2,3)26-17(24)21-12-13-11-20(6)14(21)9-8-10-15(20)22(13)16(23)19(4,5)25-7/h13-15H,8-12H2,1-7H3/t13-,14+,15-,20+/m0/s1. The first-order valence-corrected chi connectivity index (χ1v) is 9.78. The first-order chi connectivity index (χ1) is 11.9. The van der Waals surface area contributed by atoms with Crippen LogP contribution in [0.2, 0.25) is 0 Å². The number of likely N-dealkylation sites (tertiary alicyclic amines) is 2. The van der Waals surface area contributed by atoms with Crippen LogP contribution in [0.15, 0.2) is 0 Å². The van der Waals surface area contributed by atoms with Crippen LogP contribution < -0.4 is 0 Å². The molecule has 0 aromatic rings. The maximum absolute atomic E-state index is 13.3. The summed E-state index contributed by atoms with van der Waals surface area (Å²) < 4.78 is 11.2. The number of ether oxygens (including phenoxy) is 2. The number of carbonyl (C=O) groups excluding carboxylic acids is 2. The lowest BCUT2D eigenvalue weighted by Gasteiger charge is -2.49. The summed E-state index contributed by atoms with van der Waals surface area (Å²) in [5.74, 6) is 0.0328. The highest BCUT2D eigenvalue weighted by Gasteiger charge is 2.63. The smallest absolute Gasteiger partial charge is 0.410 e. The number of fused-ring (bicyclic) bond motifs is 1. The summed E-state index contributed by atoms with van der Waals surface area (Å²) in [6.45, 7) is 12.1. The van der Waals surface area contributed by atoms with Crippen LogP contribution in [-0.4, -0.2) is 64.8 Å². The fourth-order valence-corrected chi connectivity index (χ4v) is 5.22. The summed E-state index contributed by atoms with van der Waals surface area (Å²) in [6, 6.07) is 0.338. The molecule has 0 spiro atoms. The van der Waals surface area contributed by atoms with Gasteiger partial charge in [0, 0.05) is 31.2 Å². The van der Waals surface area contributed by atoms with Crippen molar-refractivity contribution >= 4 is 12.0 Å². The fourth-order valence-electron chi connectivity index (χ4n) is 5.22. The van der Waals surface area contributed by atoms with E-state index in [1.54, 1.807) is 7.11 Å². The second-order valence-electron chi connectivity index (χ2n) is 9.89. The molecule has 2 aliphatic heterocycles. The van der Waals surface area contributed by atoms with Crippen LogP contribution in [0.1, 0.15) is 67.2 Å². The lowest BCUT2D eigenvalue weighted by molar-refractivity contribution is -0.155. The highest BCUT2D eigenvalue weighted by atomic mass is 16.6. The number of amides is 2. The van der Waals surface area contributed by atoms with Crippen molar-refractivity contribution in [2.75, 3.05) is 13.7 Å². The van der Waals surface area contributed by atoms with Gasteiger partial charge in [-0.1, -0.05) is 6.92 Å². The van der Waals surface area contributed by atoms with Crippen LogP contribution in [0.3, 0.4) is 0 Å². The van der Waals surface area contributed by atoms with Gasteiger partial charge in [0.2, 0.25) is 0 Å². The molecule has 6 heteroatoms. The largest absolute Gasteiger partial charge is 0.444 e.